The molecule has 0 saturated heterocycles. The van der Waals surface area contributed by atoms with Crippen LogP contribution in [0.15, 0.2) is 71.9 Å². The third-order valence-corrected chi connectivity index (χ3v) is 11.4. The Balaban J connectivity index is 1.59. The van der Waals surface area contributed by atoms with Gasteiger partial charge in [-0.05, 0) is 113 Å². The van der Waals surface area contributed by atoms with Gasteiger partial charge in [0, 0.05) is 49.1 Å². The maximum absolute atomic E-state index is 14.3. The van der Waals surface area contributed by atoms with E-state index >= 15 is 0 Å². The number of allylic oxidation sites excluding steroid dienone is 1. The van der Waals surface area contributed by atoms with E-state index in [2.05, 4.69) is 25.6 Å². The van der Waals surface area contributed by atoms with Crippen LogP contribution >= 0.6 is 0 Å². The zero-order chi connectivity index (χ0) is 39.2. The van der Waals surface area contributed by atoms with Crippen LogP contribution in [-0.2, 0) is 14.4 Å². The monoisotopic (exact) mass is 756 g/mol. The SMILES string of the molecule is C=CCO[C@@]12Oc3ccc(Oc4cccc(C=O)c4)cc3[C@H]3[C@H](CCCCO)[C@@H](CCCCO)C=C(C(=NOC(C)(C)C)C[C@@H]1N(CCC)C(=O)C1CC1)[C@H]32. The fourth-order valence-electron chi connectivity index (χ4n) is 8.92. The van der Waals surface area contributed by atoms with Crippen molar-refractivity contribution in [3.63, 3.8) is 0 Å². The quantitative estimate of drug-likeness (QED) is 0.0634. The average molecular weight is 757 g/mol. The lowest BCUT2D eigenvalue weighted by Crippen LogP contribution is -2.70. The number of fused-ring (bicyclic) bond motifs is 2. The van der Waals surface area contributed by atoms with Crippen molar-refractivity contribution in [2.75, 3.05) is 26.4 Å². The lowest BCUT2D eigenvalue weighted by Gasteiger charge is -2.60. The van der Waals surface area contributed by atoms with Crippen molar-refractivity contribution in [3.8, 4) is 17.2 Å². The number of ether oxygens (including phenoxy) is 3. The Morgan fingerprint density at radius 1 is 1.05 bits per heavy atom. The van der Waals surface area contributed by atoms with Gasteiger partial charge in [-0.3, -0.25) is 9.59 Å². The number of carbonyl (C=O) groups excluding carboxylic acids is 2. The first-order valence-electron chi connectivity index (χ1n) is 20.4. The molecule has 1 heterocycles. The van der Waals surface area contributed by atoms with Gasteiger partial charge in [0.05, 0.1) is 18.2 Å². The number of unbranched alkanes of at least 4 members (excludes halogenated alkanes) is 2. The molecule has 2 aromatic carbocycles. The summed E-state index contributed by atoms with van der Waals surface area (Å²) < 4.78 is 20.8. The zero-order valence-corrected chi connectivity index (χ0v) is 33.1. The van der Waals surface area contributed by atoms with Gasteiger partial charge in [0.1, 0.15) is 35.2 Å². The summed E-state index contributed by atoms with van der Waals surface area (Å²) >= 11 is 0. The van der Waals surface area contributed by atoms with Crippen molar-refractivity contribution in [1.29, 1.82) is 0 Å². The lowest BCUT2D eigenvalue weighted by molar-refractivity contribution is -0.257. The Kier molecular flexibility index (Phi) is 13.2. The van der Waals surface area contributed by atoms with Gasteiger partial charge in [0.15, 0.2) is 0 Å². The summed E-state index contributed by atoms with van der Waals surface area (Å²) in [6, 6.07) is 12.5. The van der Waals surface area contributed by atoms with E-state index in [0.717, 1.165) is 68.1 Å². The number of nitrogens with zero attached hydrogens (tertiary/aromatic N) is 2. The number of carbonyl (C=O) groups is 2. The summed E-state index contributed by atoms with van der Waals surface area (Å²) in [5, 5.41) is 24.7. The second kappa shape index (κ2) is 17.9. The van der Waals surface area contributed by atoms with Gasteiger partial charge in [-0.1, -0.05) is 49.2 Å². The molecule has 0 bridgehead atoms. The highest BCUT2D eigenvalue weighted by Gasteiger charge is 2.65. The number of amides is 1. The van der Waals surface area contributed by atoms with Gasteiger partial charge < -0.3 is 34.2 Å². The lowest BCUT2D eigenvalue weighted by atomic mass is 9.55. The zero-order valence-electron chi connectivity index (χ0n) is 33.1. The molecule has 0 aromatic heterocycles. The summed E-state index contributed by atoms with van der Waals surface area (Å²) in [6.07, 6.45) is 12.6. The fraction of sp³-hybridized carbons (Fsp3) is 0.578. The van der Waals surface area contributed by atoms with Gasteiger partial charge in [0.25, 0.3) is 0 Å². The van der Waals surface area contributed by atoms with Crippen molar-refractivity contribution in [1.82, 2.24) is 4.90 Å². The highest BCUT2D eigenvalue weighted by Crippen LogP contribution is 2.62. The van der Waals surface area contributed by atoms with E-state index in [1.165, 1.54) is 0 Å². The molecule has 55 heavy (non-hydrogen) atoms. The van der Waals surface area contributed by atoms with Crippen LogP contribution in [-0.4, -0.2) is 76.8 Å². The predicted molar refractivity (Wildman–Crippen MR) is 212 cm³/mol. The Morgan fingerprint density at radius 3 is 2.47 bits per heavy atom. The maximum Gasteiger partial charge on any atom is 0.239 e. The van der Waals surface area contributed by atoms with E-state index in [1.54, 1.807) is 24.3 Å². The fourth-order valence-corrected chi connectivity index (χ4v) is 8.92. The minimum Gasteiger partial charge on any atom is -0.459 e. The normalized spacial score (nSPS) is 26.3. The van der Waals surface area contributed by atoms with Crippen LogP contribution < -0.4 is 9.47 Å². The number of benzene rings is 2. The van der Waals surface area contributed by atoms with Crippen molar-refractivity contribution in [3.05, 3.63) is 77.9 Å². The summed E-state index contributed by atoms with van der Waals surface area (Å²) in [6.45, 7) is 13.1. The van der Waals surface area contributed by atoms with E-state index in [1.807, 2.05) is 43.9 Å². The largest absolute Gasteiger partial charge is 0.459 e. The van der Waals surface area contributed by atoms with E-state index in [9.17, 15) is 19.8 Å². The standard InChI is InChI=1S/C45H60N2O8/c1-6-21-47(43(51)31-17-18-31)40-28-38(46-55-44(3,4)5)36-26-32(14-8-10-22-48)35(16-9-11-23-49)41-37-27-34(53-33-15-12-13-30(25-33)29-50)19-20-39(37)54-45(40,42(36)41)52-24-7-2/h7,12-13,15,19-20,25-27,29,31-32,35,40-42,48-49H,2,6,8-11,14,16-18,21-24,28H2,1,3-5H3/t32-,35+,40-,41+,42+,45+/m0/s1. The van der Waals surface area contributed by atoms with Gasteiger partial charge in [0.2, 0.25) is 11.7 Å². The number of aliphatic hydroxyl groups excluding tert-OH is 2. The van der Waals surface area contributed by atoms with Crippen LogP contribution in [0.5, 0.6) is 17.2 Å². The maximum atomic E-state index is 14.3. The molecule has 6 rings (SSSR count). The molecule has 6 atom stereocenters. The van der Waals surface area contributed by atoms with Crippen LogP contribution in [0.4, 0.5) is 0 Å². The molecule has 10 heteroatoms. The minimum absolute atomic E-state index is 0.0104. The molecule has 0 radical (unpaired) electrons. The van der Waals surface area contributed by atoms with Crippen molar-refractivity contribution in [2.45, 2.75) is 115 Å². The third-order valence-electron chi connectivity index (χ3n) is 11.4. The summed E-state index contributed by atoms with van der Waals surface area (Å²) in [5.41, 5.74) is 2.76. The summed E-state index contributed by atoms with van der Waals surface area (Å²) in [7, 11) is 0. The molecular weight excluding hydrogens is 697 g/mol. The number of rotatable bonds is 19. The molecule has 0 unspecified atom stereocenters. The summed E-state index contributed by atoms with van der Waals surface area (Å²) in [5.74, 6) is 0.367. The highest BCUT2D eigenvalue weighted by atomic mass is 16.7. The van der Waals surface area contributed by atoms with Crippen molar-refractivity contribution < 1.29 is 38.9 Å². The molecule has 2 aromatic rings. The van der Waals surface area contributed by atoms with Crippen molar-refractivity contribution >= 4 is 17.9 Å². The predicted octanol–water partition coefficient (Wildman–Crippen LogP) is 8.37. The molecule has 2 fully saturated rings. The molecule has 1 aliphatic heterocycles. The minimum atomic E-state index is -1.27. The Morgan fingerprint density at radius 2 is 1.80 bits per heavy atom. The molecular formula is C45H60N2O8. The van der Waals surface area contributed by atoms with Gasteiger partial charge in [-0.25, -0.2) is 0 Å². The van der Waals surface area contributed by atoms with Gasteiger partial charge in [-0.15, -0.1) is 6.58 Å². The Hall–Kier alpha value is -3.99. The topological polar surface area (TPSA) is 127 Å². The molecule has 0 spiro atoms. The number of aliphatic hydroxyl groups is 2. The first-order chi connectivity index (χ1) is 26.6. The van der Waals surface area contributed by atoms with Crippen molar-refractivity contribution in [2.24, 2.45) is 28.8 Å². The van der Waals surface area contributed by atoms with E-state index in [-0.39, 0.29) is 55.3 Å². The second-order valence-electron chi connectivity index (χ2n) is 16.6. The van der Waals surface area contributed by atoms with Gasteiger partial charge >= 0.3 is 0 Å². The summed E-state index contributed by atoms with van der Waals surface area (Å²) in [4.78, 5) is 34.1. The number of hydrogen-bond donors (Lipinski definition) is 2. The van der Waals surface area contributed by atoms with Crippen LogP contribution in [0.1, 0.15) is 114 Å². The number of hydrogen-bond acceptors (Lipinski definition) is 9. The van der Waals surface area contributed by atoms with Crippen LogP contribution in [0, 0.1) is 23.7 Å². The smallest absolute Gasteiger partial charge is 0.239 e. The van der Waals surface area contributed by atoms with E-state index in [0.29, 0.717) is 48.6 Å². The van der Waals surface area contributed by atoms with E-state index < -0.39 is 17.4 Å². The highest BCUT2D eigenvalue weighted by molar-refractivity contribution is 6.03. The second-order valence-corrected chi connectivity index (χ2v) is 16.6. The molecule has 298 valence electrons. The third kappa shape index (κ3) is 9.03. The Labute approximate surface area is 326 Å². The molecule has 4 aliphatic rings. The molecule has 2 saturated carbocycles. The average Bonchev–Trinajstić information content (AvgIpc) is 4.02. The molecule has 1 amide bonds. The first kappa shape index (κ1) is 40.7. The molecule has 2 N–H and O–H groups in total. The van der Waals surface area contributed by atoms with Gasteiger partial charge in [-0.2, -0.15) is 0 Å². The number of aldehydes is 1. The van der Waals surface area contributed by atoms with Crippen LogP contribution in [0.25, 0.3) is 0 Å². The van der Waals surface area contributed by atoms with Crippen LogP contribution in [0.2, 0.25) is 0 Å². The Bertz CT molecular complexity index is 1730. The van der Waals surface area contributed by atoms with Crippen LogP contribution in [0.3, 0.4) is 0 Å². The number of oxime groups is 1. The van der Waals surface area contributed by atoms with E-state index in [4.69, 9.17) is 24.2 Å². The molecule has 3 aliphatic carbocycles. The first-order valence-corrected chi connectivity index (χ1v) is 20.4. The molecule has 10 nitrogen and oxygen atoms in total.